The Balaban J connectivity index is 2.17. The first-order valence-corrected chi connectivity index (χ1v) is 6.79. The highest BCUT2D eigenvalue weighted by atomic mass is 79.9. The van der Waals surface area contributed by atoms with Gasteiger partial charge in [0.05, 0.1) is 0 Å². The standard InChI is InChI=1S/C13H14BrFN2O2/c1-8-13(19)17(5-4-12(18)16-8)7-9-2-3-10(14)6-11(9)15/h2-3,6,8H,4-5,7H2,1H3,(H,16,18). The summed E-state index contributed by atoms with van der Waals surface area (Å²) >= 11 is 3.19. The van der Waals surface area contributed by atoms with Crippen LogP contribution in [0, 0.1) is 5.82 Å². The van der Waals surface area contributed by atoms with E-state index in [1.54, 1.807) is 19.1 Å². The van der Waals surface area contributed by atoms with Crippen molar-refractivity contribution in [1.82, 2.24) is 10.2 Å². The van der Waals surface area contributed by atoms with Crippen LogP contribution in [0.1, 0.15) is 18.9 Å². The fraction of sp³-hybridized carbons (Fsp3) is 0.385. The first-order valence-electron chi connectivity index (χ1n) is 5.99. The lowest BCUT2D eigenvalue weighted by Crippen LogP contribution is -2.42. The van der Waals surface area contributed by atoms with Crippen molar-refractivity contribution >= 4 is 27.7 Å². The van der Waals surface area contributed by atoms with Gasteiger partial charge in [0.2, 0.25) is 11.8 Å². The molecule has 0 spiro atoms. The quantitative estimate of drug-likeness (QED) is 0.900. The summed E-state index contributed by atoms with van der Waals surface area (Å²) in [5.74, 6) is -0.703. The van der Waals surface area contributed by atoms with Gasteiger partial charge in [-0.05, 0) is 19.1 Å². The smallest absolute Gasteiger partial charge is 0.245 e. The number of nitrogens with one attached hydrogen (secondary N) is 1. The average molecular weight is 329 g/mol. The summed E-state index contributed by atoms with van der Waals surface area (Å²) in [5, 5.41) is 2.60. The number of benzene rings is 1. The Labute approximate surface area is 119 Å². The summed E-state index contributed by atoms with van der Waals surface area (Å²) in [4.78, 5) is 24.9. The maximum atomic E-state index is 13.8. The molecule has 0 aromatic heterocycles. The molecule has 0 bridgehead atoms. The van der Waals surface area contributed by atoms with Crippen LogP contribution in [0.25, 0.3) is 0 Å². The van der Waals surface area contributed by atoms with E-state index in [1.807, 2.05) is 0 Å². The summed E-state index contributed by atoms with van der Waals surface area (Å²) in [6.45, 7) is 2.12. The highest BCUT2D eigenvalue weighted by Crippen LogP contribution is 2.18. The molecule has 0 saturated carbocycles. The summed E-state index contributed by atoms with van der Waals surface area (Å²) in [5.41, 5.74) is 0.443. The van der Waals surface area contributed by atoms with Crippen molar-refractivity contribution in [2.45, 2.75) is 25.9 Å². The molecule has 1 heterocycles. The summed E-state index contributed by atoms with van der Waals surface area (Å²) < 4.78 is 14.4. The Hall–Kier alpha value is -1.43. The van der Waals surface area contributed by atoms with Gasteiger partial charge in [0.25, 0.3) is 0 Å². The molecule has 2 rings (SSSR count). The maximum absolute atomic E-state index is 13.8. The van der Waals surface area contributed by atoms with Crippen LogP contribution in [-0.4, -0.2) is 29.3 Å². The molecular weight excluding hydrogens is 315 g/mol. The molecule has 0 radical (unpaired) electrons. The van der Waals surface area contributed by atoms with E-state index >= 15 is 0 Å². The van der Waals surface area contributed by atoms with Crippen LogP contribution in [0.5, 0.6) is 0 Å². The number of amides is 2. The van der Waals surface area contributed by atoms with Crippen LogP contribution in [0.15, 0.2) is 22.7 Å². The molecule has 6 heteroatoms. The number of carbonyl (C=O) groups excluding carboxylic acids is 2. The average Bonchev–Trinajstić information content (AvgIpc) is 2.46. The van der Waals surface area contributed by atoms with Gasteiger partial charge >= 0.3 is 0 Å². The first kappa shape index (κ1) is 14.0. The molecule has 1 aliphatic heterocycles. The second-order valence-electron chi connectivity index (χ2n) is 4.53. The first-order chi connectivity index (χ1) is 8.97. The van der Waals surface area contributed by atoms with Gasteiger partial charge in [0.1, 0.15) is 11.9 Å². The molecular formula is C13H14BrFN2O2. The van der Waals surface area contributed by atoms with Gasteiger partial charge in [-0.3, -0.25) is 9.59 Å². The molecule has 1 N–H and O–H groups in total. The van der Waals surface area contributed by atoms with Crippen molar-refractivity contribution in [3.63, 3.8) is 0 Å². The normalized spacial score (nSPS) is 20.2. The lowest BCUT2D eigenvalue weighted by molar-refractivity contribution is -0.133. The van der Waals surface area contributed by atoms with Crippen LogP contribution < -0.4 is 5.32 Å². The molecule has 1 atom stereocenters. The fourth-order valence-corrected chi connectivity index (χ4v) is 2.34. The summed E-state index contributed by atoms with van der Waals surface area (Å²) in [6.07, 6.45) is 0.244. The van der Waals surface area contributed by atoms with Gasteiger partial charge in [0, 0.05) is 29.5 Å². The molecule has 1 aromatic carbocycles. The number of hydrogen-bond acceptors (Lipinski definition) is 2. The predicted molar refractivity (Wildman–Crippen MR) is 71.7 cm³/mol. The van der Waals surface area contributed by atoms with E-state index < -0.39 is 6.04 Å². The van der Waals surface area contributed by atoms with Gasteiger partial charge in [-0.2, -0.15) is 0 Å². The minimum absolute atomic E-state index is 0.153. The van der Waals surface area contributed by atoms with E-state index in [-0.39, 0.29) is 30.6 Å². The van der Waals surface area contributed by atoms with Gasteiger partial charge in [-0.25, -0.2) is 4.39 Å². The van der Waals surface area contributed by atoms with Crippen molar-refractivity contribution in [3.05, 3.63) is 34.1 Å². The van der Waals surface area contributed by atoms with Crippen molar-refractivity contribution in [2.24, 2.45) is 0 Å². The Morgan fingerprint density at radius 2 is 2.21 bits per heavy atom. The van der Waals surface area contributed by atoms with E-state index in [4.69, 9.17) is 0 Å². The predicted octanol–water partition coefficient (Wildman–Crippen LogP) is 1.83. The largest absolute Gasteiger partial charge is 0.345 e. The maximum Gasteiger partial charge on any atom is 0.245 e. The van der Waals surface area contributed by atoms with E-state index in [2.05, 4.69) is 21.2 Å². The monoisotopic (exact) mass is 328 g/mol. The minimum atomic E-state index is -0.562. The van der Waals surface area contributed by atoms with Crippen molar-refractivity contribution in [2.75, 3.05) is 6.54 Å². The number of carbonyl (C=O) groups is 2. The lowest BCUT2D eigenvalue weighted by atomic mass is 10.2. The zero-order chi connectivity index (χ0) is 14.0. The molecule has 2 amide bonds. The SMILES string of the molecule is CC1NC(=O)CCN(Cc2ccc(Br)cc2F)C1=O. The molecule has 1 fully saturated rings. The van der Waals surface area contributed by atoms with E-state index in [0.29, 0.717) is 16.6 Å². The molecule has 19 heavy (non-hydrogen) atoms. The van der Waals surface area contributed by atoms with E-state index in [9.17, 15) is 14.0 Å². The van der Waals surface area contributed by atoms with Crippen LogP contribution in [0.3, 0.4) is 0 Å². The van der Waals surface area contributed by atoms with Crippen LogP contribution in [-0.2, 0) is 16.1 Å². The van der Waals surface area contributed by atoms with Crippen LogP contribution in [0.2, 0.25) is 0 Å². The van der Waals surface area contributed by atoms with Crippen molar-refractivity contribution in [1.29, 1.82) is 0 Å². The zero-order valence-electron chi connectivity index (χ0n) is 10.5. The third-order valence-corrected chi connectivity index (χ3v) is 3.54. The van der Waals surface area contributed by atoms with E-state index in [0.717, 1.165) is 0 Å². The third-order valence-electron chi connectivity index (χ3n) is 3.04. The van der Waals surface area contributed by atoms with Crippen molar-refractivity contribution < 1.29 is 14.0 Å². The van der Waals surface area contributed by atoms with Gasteiger partial charge < -0.3 is 10.2 Å². The van der Waals surface area contributed by atoms with Crippen LogP contribution in [0.4, 0.5) is 4.39 Å². The number of hydrogen-bond donors (Lipinski definition) is 1. The number of nitrogens with zero attached hydrogens (tertiary/aromatic N) is 1. The Bertz CT molecular complexity index is 521. The Kier molecular flexibility index (Phi) is 4.19. The van der Waals surface area contributed by atoms with E-state index in [1.165, 1.54) is 11.0 Å². The highest BCUT2D eigenvalue weighted by molar-refractivity contribution is 9.10. The molecule has 4 nitrogen and oxygen atoms in total. The summed E-state index contributed by atoms with van der Waals surface area (Å²) in [6, 6.07) is 4.17. The molecule has 1 aromatic rings. The topological polar surface area (TPSA) is 49.4 Å². The van der Waals surface area contributed by atoms with Gasteiger partial charge in [0.15, 0.2) is 0 Å². The molecule has 1 unspecified atom stereocenters. The van der Waals surface area contributed by atoms with Crippen molar-refractivity contribution in [3.8, 4) is 0 Å². The number of halogens is 2. The second-order valence-corrected chi connectivity index (χ2v) is 5.45. The Morgan fingerprint density at radius 1 is 1.47 bits per heavy atom. The molecule has 102 valence electrons. The zero-order valence-corrected chi connectivity index (χ0v) is 12.0. The number of rotatable bonds is 2. The third kappa shape index (κ3) is 3.32. The summed E-state index contributed by atoms with van der Waals surface area (Å²) in [7, 11) is 0. The Morgan fingerprint density at radius 3 is 2.89 bits per heavy atom. The second kappa shape index (κ2) is 5.69. The fourth-order valence-electron chi connectivity index (χ4n) is 2.01. The van der Waals surface area contributed by atoms with Crippen LogP contribution >= 0.6 is 15.9 Å². The molecule has 1 aliphatic rings. The van der Waals surface area contributed by atoms with Gasteiger partial charge in [-0.15, -0.1) is 0 Å². The van der Waals surface area contributed by atoms with Gasteiger partial charge in [-0.1, -0.05) is 22.0 Å². The highest BCUT2D eigenvalue weighted by Gasteiger charge is 2.26. The minimum Gasteiger partial charge on any atom is -0.345 e. The lowest BCUT2D eigenvalue weighted by Gasteiger charge is -2.22. The molecule has 1 saturated heterocycles. The molecule has 0 aliphatic carbocycles.